The quantitative estimate of drug-likeness (QED) is 0.729. The van der Waals surface area contributed by atoms with Crippen LogP contribution in [0.25, 0.3) is 0 Å². The first-order valence-corrected chi connectivity index (χ1v) is 5.49. The highest BCUT2D eigenvalue weighted by atomic mass is 16.3. The summed E-state index contributed by atoms with van der Waals surface area (Å²) in [5, 5.41) is 9.30. The van der Waals surface area contributed by atoms with Gasteiger partial charge >= 0.3 is 0 Å². The van der Waals surface area contributed by atoms with Crippen LogP contribution in [-0.2, 0) is 0 Å². The topological polar surface area (TPSA) is 26.7 Å². The fourth-order valence-corrected chi connectivity index (χ4v) is 1.99. The summed E-state index contributed by atoms with van der Waals surface area (Å²) in [6.07, 6.45) is 2.44. The Balaban J connectivity index is 2.49. The molecule has 0 saturated carbocycles. The normalized spacial score (nSPS) is 21.9. The van der Waals surface area contributed by atoms with Crippen molar-refractivity contribution in [2.75, 3.05) is 33.8 Å². The summed E-state index contributed by atoms with van der Waals surface area (Å²) in [5.74, 6) is 0. The molecule has 0 bridgehead atoms. The van der Waals surface area contributed by atoms with Crippen molar-refractivity contribution in [3.8, 4) is 0 Å². The van der Waals surface area contributed by atoms with E-state index in [0.717, 1.165) is 0 Å². The minimum atomic E-state index is -0.0828. The molecule has 0 amide bonds. The molecule has 1 fully saturated rings. The van der Waals surface area contributed by atoms with Gasteiger partial charge in [-0.25, -0.2) is 0 Å². The highest BCUT2D eigenvalue weighted by Crippen LogP contribution is 2.21. The van der Waals surface area contributed by atoms with Crippen molar-refractivity contribution in [2.45, 2.75) is 38.3 Å². The number of likely N-dealkylation sites (N-methyl/N-ethyl adjacent to an activating group) is 1. The lowest BCUT2D eigenvalue weighted by Crippen LogP contribution is -2.52. The highest BCUT2D eigenvalue weighted by Gasteiger charge is 2.30. The average molecular weight is 200 g/mol. The maximum atomic E-state index is 9.30. The number of aliphatic hydroxyl groups excluding tert-OH is 1. The van der Waals surface area contributed by atoms with Gasteiger partial charge in [-0.3, -0.25) is 4.90 Å². The van der Waals surface area contributed by atoms with Crippen LogP contribution in [0.2, 0.25) is 0 Å². The predicted molar refractivity (Wildman–Crippen MR) is 59.4 cm³/mol. The van der Waals surface area contributed by atoms with Crippen LogP contribution in [0, 0.1) is 0 Å². The zero-order valence-electron chi connectivity index (χ0n) is 9.95. The van der Waals surface area contributed by atoms with E-state index in [-0.39, 0.29) is 12.1 Å². The van der Waals surface area contributed by atoms with Crippen LogP contribution in [0.3, 0.4) is 0 Å². The second-order valence-electron chi connectivity index (χ2n) is 5.12. The van der Waals surface area contributed by atoms with Crippen LogP contribution in [-0.4, -0.2) is 60.3 Å². The largest absolute Gasteiger partial charge is 0.394 e. The number of likely N-dealkylation sites (tertiary alicyclic amines) is 1. The predicted octanol–water partition coefficient (Wildman–Crippen LogP) is 0.783. The molecule has 84 valence electrons. The van der Waals surface area contributed by atoms with Crippen molar-refractivity contribution in [3.63, 3.8) is 0 Å². The number of piperidine rings is 1. The fourth-order valence-electron chi connectivity index (χ4n) is 1.99. The van der Waals surface area contributed by atoms with Gasteiger partial charge in [0.1, 0.15) is 0 Å². The van der Waals surface area contributed by atoms with E-state index in [0.29, 0.717) is 6.04 Å². The van der Waals surface area contributed by atoms with Gasteiger partial charge in [-0.15, -0.1) is 0 Å². The van der Waals surface area contributed by atoms with E-state index in [2.05, 4.69) is 37.7 Å². The Morgan fingerprint density at radius 2 is 1.86 bits per heavy atom. The summed E-state index contributed by atoms with van der Waals surface area (Å²) < 4.78 is 0. The van der Waals surface area contributed by atoms with Crippen LogP contribution in [0.5, 0.6) is 0 Å². The third kappa shape index (κ3) is 2.69. The minimum absolute atomic E-state index is 0.0828. The molecule has 0 spiro atoms. The fraction of sp³-hybridized carbons (Fsp3) is 1.00. The lowest BCUT2D eigenvalue weighted by atomic mass is 9.97. The molecule has 0 aromatic heterocycles. The van der Waals surface area contributed by atoms with E-state index in [1.165, 1.54) is 25.9 Å². The third-order valence-corrected chi connectivity index (χ3v) is 3.58. The average Bonchev–Trinajstić information content (AvgIpc) is 2.18. The second-order valence-corrected chi connectivity index (χ2v) is 5.12. The molecular formula is C11H24N2O. The molecule has 3 nitrogen and oxygen atoms in total. The van der Waals surface area contributed by atoms with Gasteiger partial charge in [0, 0.05) is 11.6 Å². The SMILES string of the molecule is CN1CCC(N(C)C(C)(C)CO)CC1. The number of hydrogen-bond donors (Lipinski definition) is 1. The van der Waals surface area contributed by atoms with Gasteiger partial charge in [0.05, 0.1) is 6.61 Å². The maximum absolute atomic E-state index is 9.30. The van der Waals surface area contributed by atoms with Crippen molar-refractivity contribution in [1.29, 1.82) is 0 Å². The summed E-state index contributed by atoms with van der Waals surface area (Å²) in [6, 6.07) is 0.633. The molecule has 0 aromatic carbocycles. The Hall–Kier alpha value is -0.120. The van der Waals surface area contributed by atoms with Gasteiger partial charge in [0.2, 0.25) is 0 Å². The van der Waals surface area contributed by atoms with Gasteiger partial charge in [-0.05, 0) is 53.9 Å². The van der Waals surface area contributed by atoms with Gasteiger partial charge in [0.15, 0.2) is 0 Å². The van der Waals surface area contributed by atoms with Crippen molar-refractivity contribution in [1.82, 2.24) is 9.80 Å². The smallest absolute Gasteiger partial charge is 0.0610 e. The van der Waals surface area contributed by atoms with Crippen molar-refractivity contribution in [3.05, 3.63) is 0 Å². The number of rotatable bonds is 3. The first kappa shape index (κ1) is 12.0. The summed E-state index contributed by atoms with van der Waals surface area (Å²) in [4.78, 5) is 4.70. The Bertz CT molecular complexity index is 174. The first-order chi connectivity index (χ1) is 6.47. The molecule has 0 atom stereocenters. The zero-order chi connectivity index (χ0) is 10.8. The van der Waals surface area contributed by atoms with E-state index >= 15 is 0 Å². The lowest BCUT2D eigenvalue weighted by Gasteiger charge is -2.43. The third-order valence-electron chi connectivity index (χ3n) is 3.58. The van der Waals surface area contributed by atoms with Crippen LogP contribution in [0.4, 0.5) is 0 Å². The molecular weight excluding hydrogens is 176 g/mol. The molecule has 1 saturated heterocycles. The number of aliphatic hydroxyl groups is 1. The Morgan fingerprint density at radius 1 is 1.36 bits per heavy atom. The van der Waals surface area contributed by atoms with Crippen LogP contribution in [0.1, 0.15) is 26.7 Å². The Morgan fingerprint density at radius 3 is 2.29 bits per heavy atom. The maximum Gasteiger partial charge on any atom is 0.0610 e. The number of nitrogens with zero attached hydrogens (tertiary/aromatic N) is 2. The van der Waals surface area contributed by atoms with E-state index in [1.807, 2.05) is 0 Å². The standard InChI is InChI=1S/C11H24N2O/c1-11(2,9-14)13(4)10-5-7-12(3)8-6-10/h10,14H,5-9H2,1-4H3. The highest BCUT2D eigenvalue weighted by molar-refractivity contribution is 4.86. The Labute approximate surface area is 87.7 Å². The first-order valence-electron chi connectivity index (χ1n) is 5.49. The van der Waals surface area contributed by atoms with Crippen molar-refractivity contribution in [2.24, 2.45) is 0 Å². The Kier molecular flexibility index (Phi) is 3.93. The van der Waals surface area contributed by atoms with E-state index < -0.39 is 0 Å². The van der Waals surface area contributed by atoms with Crippen molar-refractivity contribution < 1.29 is 5.11 Å². The number of hydrogen-bond acceptors (Lipinski definition) is 3. The van der Waals surface area contributed by atoms with E-state index in [9.17, 15) is 5.11 Å². The molecule has 0 aromatic rings. The molecule has 1 aliphatic rings. The molecule has 1 rings (SSSR count). The molecule has 1 heterocycles. The minimum Gasteiger partial charge on any atom is -0.394 e. The monoisotopic (exact) mass is 200 g/mol. The molecule has 1 N–H and O–H groups in total. The second kappa shape index (κ2) is 4.60. The molecule has 0 unspecified atom stereocenters. The summed E-state index contributed by atoms with van der Waals surface area (Å²) >= 11 is 0. The van der Waals surface area contributed by atoms with Crippen molar-refractivity contribution >= 4 is 0 Å². The van der Waals surface area contributed by atoms with E-state index in [1.54, 1.807) is 0 Å². The lowest BCUT2D eigenvalue weighted by molar-refractivity contribution is 0.0222. The van der Waals surface area contributed by atoms with Crippen LogP contribution >= 0.6 is 0 Å². The van der Waals surface area contributed by atoms with Crippen LogP contribution in [0.15, 0.2) is 0 Å². The zero-order valence-corrected chi connectivity index (χ0v) is 9.95. The van der Waals surface area contributed by atoms with E-state index in [4.69, 9.17) is 0 Å². The molecule has 0 aliphatic carbocycles. The summed E-state index contributed by atoms with van der Waals surface area (Å²) in [7, 11) is 4.31. The molecule has 0 radical (unpaired) electrons. The van der Waals surface area contributed by atoms with Crippen LogP contribution < -0.4 is 0 Å². The van der Waals surface area contributed by atoms with Gasteiger partial charge in [-0.2, -0.15) is 0 Å². The summed E-state index contributed by atoms with van der Waals surface area (Å²) in [6.45, 7) is 6.79. The molecule has 1 aliphatic heterocycles. The molecule has 14 heavy (non-hydrogen) atoms. The van der Waals surface area contributed by atoms with Gasteiger partial charge < -0.3 is 10.0 Å². The van der Waals surface area contributed by atoms with Gasteiger partial charge in [0.25, 0.3) is 0 Å². The summed E-state index contributed by atoms with van der Waals surface area (Å²) in [5.41, 5.74) is -0.0828. The van der Waals surface area contributed by atoms with Gasteiger partial charge in [-0.1, -0.05) is 0 Å². The molecule has 3 heteroatoms.